The summed E-state index contributed by atoms with van der Waals surface area (Å²) in [5.74, 6) is -0.625. The van der Waals surface area contributed by atoms with Gasteiger partial charge in [-0.1, -0.05) is 6.07 Å². The van der Waals surface area contributed by atoms with Crippen LogP contribution < -0.4 is 10.2 Å². The highest BCUT2D eigenvalue weighted by molar-refractivity contribution is 5.75. The van der Waals surface area contributed by atoms with Crippen molar-refractivity contribution in [3.8, 4) is 18.2 Å². The summed E-state index contributed by atoms with van der Waals surface area (Å²) in [5, 5.41) is 29.8. The van der Waals surface area contributed by atoms with Gasteiger partial charge in [-0.25, -0.2) is 9.18 Å². The molecule has 0 bridgehead atoms. The summed E-state index contributed by atoms with van der Waals surface area (Å²) in [7, 11) is 0. The van der Waals surface area contributed by atoms with Gasteiger partial charge in [0.05, 0.1) is 11.4 Å². The number of hydrogen-bond acceptors (Lipinski definition) is 7. The van der Waals surface area contributed by atoms with Crippen LogP contribution in [0.2, 0.25) is 0 Å². The molecule has 1 aromatic rings. The molecule has 1 aromatic carbocycles. The van der Waals surface area contributed by atoms with E-state index in [1.165, 1.54) is 12.1 Å². The van der Waals surface area contributed by atoms with E-state index in [0.717, 1.165) is 0 Å². The van der Waals surface area contributed by atoms with Crippen molar-refractivity contribution in [2.24, 2.45) is 0 Å². The third-order valence-electron chi connectivity index (χ3n) is 4.10. The highest BCUT2D eigenvalue weighted by Crippen LogP contribution is 2.31. The molecule has 0 spiro atoms. The number of nitrogens with zero attached hydrogens (tertiary/aromatic N) is 5. The number of anilines is 2. The number of rotatable bonds is 3. The fourth-order valence-corrected chi connectivity index (χ4v) is 2.76. The Balaban J connectivity index is 2.22. The number of carbonyl (C=O) groups is 1. The molecule has 9 heteroatoms. The predicted molar refractivity (Wildman–Crippen MR) is 104 cm³/mol. The monoisotopic (exact) mass is 396 g/mol. The molecule has 8 nitrogen and oxygen atoms in total. The number of carbonyl (C=O) groups excluding carboxylic acids is 1. The van der Waals surface area contributed by atoms with Crippen molar-refractivity contribution in [1.29, 1.82) is 15.8 Å². The zero-order chi connectivity index (χ0) is 21.6. The molecule has 1 amide bonds. The molecule has 2 rings (SSSR count). The van der Waals surface area contributed by atoms with Crippen molar-refractivity contribution in [3.05, 3.63) is 35.3 Å². The molecule has 1 heterocycles. The summed E-state index contributed by atoms with van der Waals surface area (Å²) in [6.45, 7) is 6.99. The van der Waals surface area contributed by atoms with E-state index in [1.54, 1.807) is 49.9 Å². The number of ether oxygens (including phenoxy) is 1. The van der Waals surface area contributed by atoms with Crippen LogP contribution in [-0.2, 0) is 4.74 Å². The molecule has 0 radical (unpaired) electrons. The number of halogens is 1. The lowest BCUT2D eigenvalue weighted by Gasteiger charge is -2.37. The third kappa shape index (κ3) is 5.37. The quantitative estimate of drug-likeness (QED) is 0.780. The Morgan fingerprint density at radius 2 is 1.72 bits per heavy atom. The second-order valence-electron chi connectivity index (χ2n) is 7.30. The summed E-state index contributed by atoms with van der Waals surface area (Å²) in [4.78, 5) is 15.7. The first-order valence-electron chi connectivity index (χ1n) is 8.93. The van der Waals surface area contributed by atoms with E-state index in [2.05, 4.69) is 5.32 Å². The molecule has 1 aliphatic rings. The van der Waals surface area contributed by atoms with Gasteiger partial charge in [0.25, 0.3) is 0 Å². The van der Waals surface area contributed by atoms with E-state index < -0.39 is 23.1 Å². The van der Waals surface area contributed by atoms with E-state index >= 15 is 0 Å². The van der Waals surface area contributed by atoms with Crippen LogP contribution in [0.25, 0.3) is 0 Å². The Bertz CT molecular complexity index is 922. The maximum atomic E-state index is 14.5. The van der Waals surface area contributed by atoms with Gasteiger partial charge in [-0.15, -0.1) is 0 Å². The summed E-state index contributed by atoms with van der Waals surface area (Å²) >= 11 is 0. The maximum Gasteiger partial charge on any atom is 0.410 e. The molecule has 1 N–H and O–H groups in total. The first-order valence-corrected chi connectivity index (χ1v) is 8.93. The van der Waals surface area contributed by atoms with E-state index in [-0.39, 0.29) is 11.4 Å². The van der Waals surface area contributed by atoms with Gasteiger partial charge in [0.2, 0.25) is 0 Å². The van der Waals surface area contributed by atoms with E-state index in [1.807, 2.05) is 4.90 Å². The molecule has 0 aliphatic carbocycles. The molecular formula is C20H21FN6O2. The highest BCUT2D eigenvalue weighted by Gasteiger charge is 2.27. The van der Waals surface area contributed by atoms with Crippen molar-refractivity contribution in [2.45, 2.75) is 26.4 Å². The largest absolute Gasteiger partial charge is 0.444 e. The number of amides is 1. The van der Waals surface area contributed by atoms with E-state index in [4.69, 9.17) is 15.3 Å². The van der Waals surface area contributed by atoms with Gasteiger partial charge in [-0.2, -0.15) is 15.8 Å². The lowest BCUT2D eigenvalue weighted by Crippen LogP contribution is -2.50. The zero-order valence-corrected chi connectivity index (χ0v) is 16.5. The molecule has 150 valence electrons. The van der Waals surface area contributed by atoms with Crippen molar-refractivity contribution in [1.82, 2.24) is 4.90 Å². The van der Waals surface area contributed by atoms with Gasteiger partial charge in [0, 0.05) is 26.2 Å². The standard InChI is InChI=1S/C20H21FN6O2/c1-20(2,3)29-19(28)27-9-7-26(8-10-27)17-6-4-5-15(21)18(17)25-16(13-24)14(11-22)12-23/h4-6,25H,7-10H2,1-3H3. The van der Waals surface area contributed by atoms with Gasteiger partial charge in [-0.3, -0.25) is 0 Å². The second-order valence-corrected chi connectivity index (χ2v) is 7.30. The summed E-state index contributed by atoms with van der Waals surface area (Å²) in [6, 6.07) is 9.37. The first kappa shape index (κ1) is 21.5. The van der Waals surface area contributed by atoms with Crippen LogP contribution >= 0.6 is 0 Å². The number of piperazine rings is 1. The summed E-state index contributed by atoms with van der Waals surface area (Å²) < 4.78 is 19.9. The minimum atomic E-state index is -0.625. The molecule has 0 unspecified atom stereocenters. The second kappa shape index (κ2) is 8.95. The number of hydrogen-bond donors (Lipinski definition) is 1. The SMILES string of the molecule is CC(C)(C)OC(=O)N1CCN(c2cccc(F)c2NC(C#N)=C(C#N)C#N)CC1. The van der Waals surface area contributed by atoms with Crippen LogP contribution in [0.1, 0.15) is 20.8 Å². The number of nitriles is 3. The van der Waals surface area contributed by atoms with Crippen LogP contribution in [0, 0.1) is 39.8 Å². The summed E-state index contributed by atoms with van der Waals surface area (Å²) in [5.41, 5.74) is -0.882. The van der Waals surface area contributed by atoms with Crippen molar-refractivity contribution in [3.63, 3.8) is 0 Å². The van der Waals surface area contributed by atoms with E-state index in [0.29, 0.717) is 31.9 Å². The van der Waals surface area contributed by atoms with Crippen molar-refractivity contribution >= 4 is 17.5 Å². The van der Waals surface area contributed by atoms with Crippen LogP contribution in [-0.4, -0.2) is 42.8 Å². The molecule has 1 fully saturated rings. The van der Waals surface area contributed by atoms with Crippen LogP contribution in [0.5, 0.6) is 0 Å². The lowest BCUT2D eigenvalue weighted by molar-refractivity contribution is 0.0240. The van der Waals surface area contributed by atoms with E-state index in [9.17, 15) is 14.4 Å². The molecular weight excluding hydrogens is 375 g/mol. The molecule has 1 saturated heterocycles. The van der Waals surface area contributed by atoms with Gasteiger partial charge in [0.15, 0.2) is 5.57 Å². The smallest absolute Gasteiger partial charge is 0.410 e. The Labute approximate surface area is 169 Å². The predicted octanol–water partition coefficient (Wildman–Crippen LogP) is 3.12. The Morgan fingerprint density at radius 3 is 2.24 bits per heavy atom. The van der Waals surface area contributed by atoms with Gasteiger partial charge in [-0.05, 0) is 32.9 Å². The Hall–Kier alpha value is -3.77. The number of nitrogens with one attached hydrogen (secondary N) is 1. The van der Waals surface area contributed by atoms with Gasteiger partial charge in [0.1, 0.15) is 35.3 Å². The number of benzene rings is 1. The maximum absolute atomic E-state index is 14.5. The van der Waals surface area contributed by atoms with Crippen molar-refractivity contribution in [2.75, 3.05) is 36.4 Å². The normalized spacial score (nSPS) is 13.6. The minimum Gasteiger partial charge on any atom is -0.444 e. The average molecular weight is 396 g/mol. The van der Waals surface area contributed by atoms with Gasteiger partial charge >= 0.3 is 6.09 Å². The molecule has 0 saturated carbocycles. The summed E-state index contributed by atoms with van der Waals surface area (Å²) in [6.07, 6.45) is -0.405. The minimum absolute atomic E-state index is 0.00207. The van der Waals surface area contributed by atoms with Crippen LogP contribution in [0.15, 0.2) is 29.5 Å². The molecule has 1 aliphatic heterocycles. The Morgan fingerprint density at radius 1 is 1.10 bits per heavy atom. The number of para-hydroxylation sites is 1. The lowest BCUT2D eigenvalue weighted by atomic mass is 10.1. The fourth-order valence-electron chi connectivity index (χ4n) is 2.76. The highest BCUT2D eigenvalue weighted by atomic mass is 19.1. The average Bonchev–Trinajstić information content (AvgIpc) is 2.68. The van der Waals surface area contributed by atoms with Crippen LogP contribution in [0.3, 0.4) is 0 Å². The van der Waals surface area contributed by atoms with Gasteiger partial charge < -0.3 is 19.9 Å². The van der Waals surface area contributed by atoms with Crippen LogP contribution in [0.4, 0.5) is 20.6 Å². The number of allylic oxidation sites excluding steroid dienone is 2. The van der Waals surface area contributed by atoms with Crippen molar-refractivity contribution < 1.29 is 13.9 Å². The fraction of sp³-hybridized carbons (Fsp3) is 0.400. The Kier molecular flexibility index (Phi) is 6.64. The molecule has 0 atom stereocenters. The first-order chi connectivity index (χ1) is 13.7. The molecule has 29 heavy (non-hydrogen) atoms. The topological polar surface area (TPSA) is 116 Å². The third-order valence-corrected chi connectivity index (χ3v) is 4.10. The molecule has 0 aromatic heterocycles. The zero-order valence-electron chi connectivity index (χ0n) is 16.5.